The van der Waals surface area contributed by atoms with Gasteiger partial charge in [-0.1, -0.05) is 0 Å². The molecule has 1 fully saturated rings. The van der Waals surface area contributed by atoms with Crippen molar-refractivity contribution in [2.24, 2.45) is 0 Å². The summed E-state index contributed by atoms with van der Waals surface area (Å²) in [5, 5.41) is 3.39. The predicted molar refractivity (Wildman–Crippen MR) is 133 cm³/mol. The van der Waals surface area contributed by atoms with Crippen molar-refractivity contribution in [2.75, 3.05) is 32.5 Å². The number of hydrogen-bond acceptors (Lipinski definition) is 8. The van der Waals surface area contributed by atoms with Crippen molar-refractivity contribution in [1.29, 1.82) is 0 Å². The van der Waals surface area contributed by atoms with E-state index in [9.17, 15) is 0 Å². The molecule has 9 nitrogen and oxygen atoms in total. The maximum Gasteiger partial charge on any atom is 0.220 e. The molecule has 180 valence electrons. The molecule has 0 saturated carbocycles. The average molecular weight is 473 g/mol. The molecule has 0 aliphatic carbocycles. The number of aromatic nitrogens is 4. The van der Waals surface area contributed by atoms with E-state index < -0.39 is 0 Å². The van der Waals surface area contributed by atoms with Crippen molar-refractivity contribution < 1.29 is 14.2 Å². The van der Waals surface area contributed by atoms with Crippen LogP contribution in [0.15, 0.2) is 42.6 Å². The molecule has 6 rings (SSSR count). The first-order chi connectivity index (χ1) is 17.2. The Bertz CT molecular complexity index is 1360. The van der Waals surface area contributed by atoms with Crippen molar-refractivity contribution in [3.05, 3.63) is 54.0 Å². The Hall–Kier alpha value is -3.85. The van der Waals surface area contributed by atoms with Gasteiger partial charge in [-0.05, 0) is 74.3 Å². The summed E-state index contributed by atoms with van der Waals surface area (Å²) in [4.78, 5) is 17.0. The molecule has 35 heavy (non-hydrogen) atoms. The molecule has 4 heterocycles. The zero-order chi connectivity index (χ0) is 23.8. The van der Waals surface area contributed by atoms with Crippen LogP contribution >= 0.6 is 0 Å². The van der Waals surface area contributed by atoms with Gasteiger partial charge < -0.3 is 30.2 Å². The Morgan fingerprint density at radius 2 is 1.97 bits per heavy atom. The minimum atomic E-state index is 0.0897. The first-order valence-corrected chi connectivity index (χ1v) is 12.0. The fourth-order valence-corrected chi connectivity index (χ4v) is 4.84. The van der Waals surface area contributed by atoms with Crippen LogP contribution in [0.2, 0.25) is 0 Å². The molecule has 1 atom stereocenters. The van der Waals surface area contributed by atoms with Crippen LogP contribution in [0.25, 0.3) is 22.3 Å². The van der Waals surface area contributed by atoms with Gasteiger partial charge in [0, 0.05) is 11.8 Å². The van der Waals surface area contributed by atoms with Gasteiger partial charge in [0.25, 0.3) is 0 Å². The molecule has 2 aromatic heterocycles. The van der Waals surface area contributed by atoms with Crippen molar-refractivity contribution in [3.8, 4) is 28.5 Å². The zero-order valence-corrected chi connectivity index (χ0v) is 19.6. The second-order valence-electron chi connectivity index (χ2n) is 9.04. The third-order valence-corrected chi connectivity index (χ3v) is 6.69. The number of H-pyrrole nitrogens is 1. The third-order valence-electron chi connectivity index (χ3n) is 6.69. The number of rotatable bonds is 5. The topological polar surface area (TPSA) is 120 Å². The van der Waals surface area contributed by atoms with Gasteiger partial charge in [0.15, 0.2) is 0 Å². The fourth-order valence-electron chi connectivity index (χ4n) is 4.84. The second kappa shape index (κ2) is 9.07. The molecule has 9 heteroatoms. The summed E-state index contributed by atoms with van der Waals surface area (Å²) in [6.45, 7) is 2.46. The molecular weight excluding hydrogens is 444 g/mol. The highest BCUT2D eigenvalue weighted by molar-refractivity contribution is 5.87. The van der Waals surface area contributed by atoms with Crippen LogP contribution in [-0.2, 0) is 6.42 Å². The lowest BCUT2D eigenvalue weighted by molar-refractivity contribution is 0.164. The Morgan fingerprint density at radius 1 is 1.09 bits per heavy atom. The normalized spacial score (nSPS) is 18.1. The Kier molecular flexibility index (Phi) is 5.61. The van der Waals surface area contributed by atoms with Gasteiger partial charge in [-0.15, -0.1) is 0 Å². The second-order valence-corrected chi connectivity index (χ2v) is 9.04. The number of anilines is 1. The number of nitrogens with zero attached hydrogens (tertiary/aromatic N) is 3. The number of nitrogen functional groups attached to an aromatic ring is 1. The number of nitrogens with two attached hydrogens (primary N) is 1. The van der Waals surface area contributed by atoms with Crippen molar-refractivity contribution in [3.63, 3.8) is 0 Å². The lowest BCUT2D eigenvalue weighted by Gasteiger charge is -2.24. The van der Waals surface area contributed by atoms with Crippen molar-refractivity contribution in [2.45, 2.75) is 31.3 Å². The summed E-state index contributed by atoms with van der Waals surface area (Å²) in [6.07, 6.45) is 4.54. The van der Waals surface area contributed by atoms with E-state index in [1.807, 2.05) is 36.4 Å². The first-order valence-electron chi connectivity index (χ1n) is 12.0. The lowest BCUT2D eigenvalue weighted by Crippen LogP contribution is -2.34. The van der Waals surface area contributed by atoms with E-state index in [1.165, 1.54) is 0 Å². The molecule has 2 aromatic carbocycles. The van der Waals surface area contributed by atoms with E-state index in [1.54, 1.807) is 13.3 Å². The summed E-state index contributed by atoms with van der Waals surface area (Å²) in [6, 6.07) is 11.8. The predicted octanol–water partition coefficient (Wildman–Crippen LogP) is 3.46. The van der Waals surface area contributed by atoms with Crippen LogP contribution < -0.4 is 25.3 Å². The Morgan fingerprint density at radius 3 is 2.80 bits per heavy atom. The van der Waals surface area contributed by atoms with Crippen LogP contribution in [0.4, 0.5) is 5.95 Å². The van der Waals surface area contributed by atoms with Crippen LogP contribution in [0.3, 0.4) is 0 Å². The summed E-state index contributed by atoms with van der Waals surface area (Å²) in [5.41, 5.74) is 10.3. The highest BCUT2D eigenvalue weighted by Crippen LogP contribution is 2.37. The highest BCUT2D eigenvalue weighted by atomic mass is 16.5. The van der Waals surface area contributed by atoms with Crippen LogP contribution in [-0.4, -0.2) is 52.8 Å². The van der Waals surface area contributed by atoms with Crippen LogP contribution in [0, 0.1) is 0 Å². The molecule has 2 aliphatic heterocycles. The largest absolute Gasteiger partial charge is 0.497 e. The minimum absolute atomic E-state index is 0.0897. The van der Waals surface area contributed by atoms with Gasteiger partial charge >= 0.3 is 0 Å². The molecular formula is C26H28N6O3. The summed E-state index contributed by atoms with van der Waals surface area (Å²) in [7, 11) is 1.68. The Labute approximate surface area is 203 Å². The third kappa shape index (κ3) is 4.35. The summed E-state index contributed by atoms with van der Waals surface area (Å²) >= 11 is 0. The quantitative estimate of drug-likeness (QED) is 0.404. The smallest absolute Gasteiger partial charge is 0.220 e. The zero-order valence-electron chi connectivity index (χ0n) is 19.6. The Balaban J connectivity index is 1.38. The number of imidazole rings is 1. The number of benzene rings is 2. The number of aromatic amines is 1. The molecule has 0 radical (unpaired) electrons. The van der Waals surface area contributed by atoms with E-state index in [0.29, 0.717) is 6.61 Å². The van der Waals surface area contributed by atoms with Crippen LogP contribution in [0.1, 0.15) is 30.1 Å². The molecule has 1 unspecified atom stereocenters. The lowest BCUT2D eigenvalue weighted by atomic mass is 9.96. The SMILES string of the molecule is COc1ccc2c(c1)CC(c1nc3cc(-c4ccnc(N)n4)cc(OC4CCNCC4)c3[nH]1)CO2. The number of ether oxygens (including phenoxy) is 3. The van der Waals surface area contributed by atoms with Crippen molar-refractivity contribution in [1.82, 2.24) is 25.3 Å². The van der Waals surface area contributed by atoms with Gasteiger partial charge in [-0.2, -0.15) is 0 Å². The average Bonchev–Trinajstić information content (AvgIpc) is 3.33. The summed E-state index contributed by atoms with van der Waals surface area (Å²) < 4.78 is 18.0. The number of piperidine rings is 1. The number of nitrogens with one attached hydrogen (secondary N) is 2. The molecule has 4 aromatic rings. The highest BCUT2D eigenvalue weighted by Gasteiger charge is 2.26. The van der Waals surface area contributed by atoms with Gasteiger partial charge in [0.2, 0.25) is 5.95 Å². The maximum atomic E-state index is 6.51. The first kappa shape index (κ1) is 21.7. The standard InChI is InChI=1S/C26H28N6O3/c1-33-19-2-3-22-16(11-19)10-17(14-34-22)25-30-21-12-15(20-6-9-29-26(27)31-20)13-23(24(21)32-25)35-18-4-7-28-8-5-18/h2-3,6,9,11-13,17-18,28H,4-5,7-8,10,14H2,1H3,(H,30,32)(H2,27,29,31). The van der Waals surface area contributed by atoms with E-state index in [-0.39, 0.29) is 18.0 Å². The van der Waals surface area contributed by atoms with E-state index >= 15 is 0 Å². The van der Waals surface area contributed by atoms with E-state index in [0.717, 1.165) is 83.3 Å². The van der Waals surface area contributed by atoms with E-state index in [4.69, 9.17) is 24.9 Å². The molecule has 0 amide bonds. The molecule has 2 aliphatic rings. The summed E-state index contributed by atoms with van der Waals surface area (Å²) in [5.74, 6) is 3.70. The maximum absolute atomic E-state index is 6.51. The minimum Gasteiger partial charge on any atom is -0.497 e. The van der Waals surface area contributed by atoms with Gasteiger partial charge in [0.05, 0.1) is 30.8 Å². The van der Waals surface area contributed by atoms with Crippen molar-refractivity contribution >= 4 is 17.0 Å². The molecule has 4 N–H and O–H groups in total. The van der Waals surface area contributed by atoms with E-state index in [2.05, 4.69) is 20.3 Å². The number of hydrogen-bond donors (Lipinski definition) is 3. The van der Waals surface area contributed by atoms with Gasteiger partial charge in [0.1, 0.15) is 34.7 Å². The monoisotopic (exact) mass is 472 g/mol. The fraction of sp³-hybridized carbons (Fsp3) is 0.346. The molecule has 1 saturated heterocycles. The van der Waals surface area contributed by atoms with Gasteiger partial charge in [-0.25, -0.2) is 15.0 Å². The molecule has 0 spiro atoms. The number of fused-ring (bicyclic) bond motifs is 2. The molecule has 0 bridgehead atoms. The van der Waals surface area contributed by atoms with Gasteiger partial charge in [-0.3, -0.25) is 0 Å². The van der Waals surface area contributed by atoms with Crippen LogP contribution in [0.5, 0.6) is 17.2 Å². The number of methoxy groups -OCH3 is 1.